The number of carbonyl (C=O) groups is 1. The van der Waals surface area contributed by atoms with Gasteiger partial charge in [-0.15, -0.1) is 4.33 Å². The molecule has 1 unspecified atom stereocenters. The number of hydrogen-bond donors (Lipinski definition) is 2. The fraction of sp³-hybridized carbons (Fsp3) is 0.500. The Labute approximate surface area is 240 Å². The largest absolute Gasteiger partial charge is 0.480 e. The maximum atomic E-state index is 11.9. The van der Waals surface area contributed by atoms with Gasteiger partial charge < -0.3 is 10.0 Å². The number of nitrogens with zero attached hydrogens (tertiary/aromatic N) is 2. The minimum Gasteiger partial charge on any atom is -0.480 e. The van der Waals surface area contributed by atoms with Crippen molar-refractivity contribution in [2.45, 2.75) is 84.2 Å². The monoisotopic (exact) mass is 565 g/mol. The zero-order valence-corrected chi connectivity index (χ0v) is 25.6. The molecule has 8 heteroatoms. The highest BCUT2D eigenvalue weighted by molar-refractivity contribution is 7.95. The molecule has 0 amide bonds. The van der Waals surface area contributed by atoms with Crippen LogP contribution in [0.5, 0.6) is 0 Å². The number of hydrogen-bond acceptors (Lipinski definition) is 6. The third kappa shape index (κ3) is 4.69. The van der Waals surface area contributed by atoms with E-state index < -0.39 is 5.97 Å². The molecule has 214 valence electrons. The lowest BCUT2D eigenvalue weighted by atomic mass is 9.69. The molecule has 2 aliphatic heterocycles. The van der Waals surface area contributed by atoms with Crippen LogP contribution in [0.3, 0.4) is 0 Å². The molecule has 0 bridgehead atoms. The molecule has 2 heterocycles. The Morgan fingerprint density at radius 3 is 2.50 bits per heavy atom. The summed E-state index contributed by atoms with van der Waals surface area (Å²) >= 11 is 1.06. The lowest BCUT2D eigenvalue weighted by molar-refractivity contribution is -0.432. The van der Waals surface area contributed by atoms with E-state index in [0.717, 1.165) is 41.8 Å². The zero-order valence-electron chi connectivity index (χ0n) is 24.8. The first-order chi connectivity index (χ1) is 18.7. The van der Waals surface area contributed by atoms with E-state index in [-0.39, 0.29) is 23.0 Å². The fourth-order valence-electron chi connectivity index (χ4n) is 7.40. The van der Waals surface area contributed by atoms with Crippen LogP contribution in [0.25, 0.3) is 11.6 Å². The molecule has 0 radical (unpaired) electrons. The van der Waals surface area contributed by atoms with E-state index >= 15 is 0 Å². The van der Waals surface area contributed by atoms with Gasteiger partial charge in [0.15, 0.2) is 5.54 Å². The summed E-state index contributed by atoms with van der Waals surface area (Å²) in [5, 5.41) is 24.7. The summed E-state index contributed by atoms with van der Waals surface area (Å²) < 4.78 is 7.17. The van der Waals surface area contributed by atoms with Crippen molar-refractivity contribution in [1.29, 1.82) is 0 Å². The van der Waals surface area contributed by atoms with E-state index in [9.17, 15) is 9.90 Å². The van der Waals surface area contributed by atoms with Crippen molar-refractivity contribution in [1.82, 2.24) is 4.58 Å². The van der Waals surface area contributed by atoms with Crippen molar-refractivity contribution in [3.8, 4) is 0 Å². The van der Waals surface area contributed by atoms with Crippen molar-refractivity contribution in [3.05, 3.63) is 68.7 Å². The van der Waals surface area contributed by atoms with Gasteiger partial charge in [0.05, 0.1) is 5.56 Å². The van der Waals surface area contributed by atoms with Gasteiger partial charge in [-0.1, -0.05) is 25.8 Å². The maximum Gasteiger partial charge on any atom is 0.323 e. The van der Waals surface area contributed by atoms with E-state index in [1.807, 2.05) is 0 Å². The van der Waals surface area contributed by atoms with Crippen molar-refractivity contribution >= 4 is 35.3 Å². The second kappa shape index (κ2) is 10.0. The predicted octanol–water partition coefficient (Wildman–Crippen LogP) is 5.09. The van der Waals surface area contributed by atoms with Crippen LogP contribution in [0.15, 0.2) is 30.3 Å². The van der Waals surface area contributed by atoms with Crippen LogP contribution in [0.1, 0.15) is 95.5 Å². The van der Waals surface area contributed by atoms with E-state index in [4.69, 9.17) is 9.59 Å². The molecule has 2 N–H and O–H groups in total. The molecule has 1 aliphatic carbocycles. The van der Waals surface area contributed by atoms with Crippen LogP contribution in [0, 0.1) is 0 Å². The number of rotatable bonds is 7. The van der Waals surface area contributed by atoms with E-state index in [1.54, 1.807) is 0 Å². The Kier molecular flexibility index (Phi) is 7.23. The molecule has 5 rings (SSSR count). The topological polar surface area (TPSA) is 82.2 Å². The number of anilines is 1. The molecule has 2 aromatic rings. The summed E-state index contributed by atoms with van der Waals surface area (Å²) in [4.78, 5) is 14.0. The normalized spacial score (nSPS) is 21.4. The third-order valence-electron chi connectivity index (χ3n) is 9.14. The predicted molar refractivity (Wildman–Crippen MR) is 161 cm³/mol. The molecule has 7 nitrogen and oxygen atoms in total. The summed E-state index contributed by atoms with van der Waals surface area (Å²) in [6, 6.07) is 9.20. The Morgan fingerprint density at radius 1 is 1.12 bits per heavy atom. The minimum absolute atomic E-state index is 0.0154. The van der Waals surface area contributed by atoms with Gasteiger partial charge in [0.1, 0.15) is 13.1 Å². The first-order valence-electron chi connectivity index (χ1n) is 14.0. The first kappa shape index (κ1) is 28.9. The standard InChI is InChI=1S/C32H40N2O5S/c1-9-33-28-14-26-21(12-24(28)22(16-31(33,5)6)18-40-39-38-37)10-20-11-23-19(2)15-30(3,4)34(17-29(35)36)27(23)13-25(20)32(26,7)8/h10-14,16,19H,9,15,17-18H2,1-8H3,(H-,35,36,37)/p+1. The van der Waals surface area contributed by atoms with Gasteiger partial charge in [0.2, 0.25) is 5.36 Å². The van der Waals surface area contributed by atoms with Crippen molar-refractivity contribution in [2.75, 3.05) is 23.7 Å². The fourth-order valence-corrected chi connectivity index (χ4v) is 7.86. The SMILES string of the molecule is CC[N+]1=c2cc3c(cc2C(CSOOO)=CC1(C)C)=Cc1cc2c(cc1C3(C)C)N(CC(=O)O)C(C)(C)CC2C. The summed E-state index contributed by atoms with van der Waals surface area (Å²) in [5.74, 6) is 0.0462. The first-order valence-corrected chi connectivity index (χ1v) is 14.9. The third-order valence-corrected chi connectivity index (χ3v) is 9.73. The highest BCUT2D eigenvalue weighted by atomic mass is 32.2. The Balaban J connectivity index is 1.75. The van der Waals surface area contributed by atoms with Crippen LogP contribution >= 0.6 is 12.0 Å². The number of benzene rings is 2. The lowest BCUT2D eigenvalue weighted by Crippen LogP contribution is -2.51. The highest BCUT2D eigenvalue weighted by Gasteiger charge is 2.41. The smallest absolute Gasteiger partial charge is 0.323 e. The second-order valence-corrected chi connectivity index (χ2v) is 13.8. The molecule has 2 aromatic carbocycles. The number of likely N-dealkylation sites (N-methyl/N-ethyl adjacent to an activating group) is 1. The number of carboxylic acids is 1. The average Bonchev–Trinajstić information content (AvgIpc) is 2.85. The molecule has 3 aliphatic rings. The summed E-state index contributed by atoms with van der Waals surface area (Å²) in [6.45, 7) is 18.5. The second-order valence-electron chi connectivity index (χ2n) is 13.1. The van der Waals surface area contributed by atoms with Crippen LogP contribution in [-0.2, 0) is 19.6 Å². The minimum atomic E-state index is -0.811. The zero-order chi connectivity index (χ0) is 29.2. The van der Waals surface area contributed by atoms with Crippen molar-refractivity contribution < 1.29 is 24.5 Å². The quantitative estimate of drug-likeness (QED) is 0.159. The van der Waals surface area contributed by atoms with Gasteiger partial charge in [0.25, 0.3) is 0 Å². The molecule has 0 aromatic heterocycles. The molecule has 0 saturated carbocycles. The number of fused-ring (bicyclic) bond motifs is 4. The Morgan fingerprint density at radius 2 is 1.85 bits per heavy atom. The van der Waals surface area contributed by atoms with Gasteiger partial charge in [-0.3, -0.25) is 4.79 Å². The molecule has 0 spiro atoms. The van der Waals surface area contributed by atoms with Crippen molar-refractivity contribution in [2.24, 2.45) is 0 Å². The summed E-state index contributed by atoms with van der Waals surface area (Å²) in [5.41, 5.74) is 7.46. The van der Waals surface area contributed by atoms with E-state index in [1.165, 1.54) is 32.8 Å². The maximum absolute atomic E-state index is 11.9. The molecular weight excluding hydrogens is 524 g/mol. The van der Waals surface area contributed by atoms with Gasteiger partial charge in [-0.2, -0.15) is 0 Å². The Hall–Kier alpha value is -2.65. The number of aliphatic carboxylic acids is 1. The van der Waals surface area contributed by atoms with E-state index in [2.05, 4.69) is 106 Å². The average molecular weight is 566 g/mol. The lowest BCUT2D eigenvalue weighted by Gasteiger charge is -2.48. The van der Waals surface area contributed by atoms with Gasteiger partial charge in [0, 0.05) is 54.4 Å². The van der Waals surface area contributed by atoms with Gasteiger partial charge in [-0.05, 0) is 96.5 Å². The molecule has 0 fully saturated rings. The van der Waals surface area contributed by atoms with Crippen LogP contribution < -0.4 is 20.1 Å². The van der Waals surface area contributed by atoms with Crippen molar-refractivity contribution in [3.63, 3.8) is 0 Å². The van der Waals surface area contributed by atoms with Gasteiger partial charge >= 0.3 is 5.97 Å². The highest BCUT2D eigenvalue weighted by Crippen LogP contribution is 2.47. The summed E-state index contributed by atoms with van der Waals surface area (Å²) in [6.07, 6.45) is 5.46. The van der Waals surface area contributed by atoms with Crippen LogP contribution in [-0.4, -0.2) is 46.3 Å². The molecule has 40 heavy (non-hydrogen) atoms. The van der Waals surface area contributed by atoms with Gasteiger partial charge in [-0.25, -0.2) is 9.83 Å². The van der Waals surface area contributed by atoms with Crippen LogP contribution in [0.4, 0.5) is 5.69 Å². The molecule has 1 atom stereocenters. The molecule has 0 saturated heterocycles. The Bertz CT molecular complexity index is 1540. The number of carboxylic acid groups (broad SMARTS) is 1. The van der Waals surface area contributed by atoms with Crippen LogP contribution in [0.2, 0.25) is 0 Å². The molecular formula is C32H41N2O5S+. The van der Waals surface area contributed by atoms with E-state index in [0.29, 0.717) is 11.7 Å². The summed E-state index contributed by atoms with van der Waals surface area (Å²) in [7, 11) is 0.